The summed E-state index contributed by atoms with van der Waals surface area (Å²) in [6, 6.07) is 13.0. The normalized spacial score (nSPS) is 10.7. The van der Waals surface area contributed by atoms with Crippen molar-refractivity contribution in [3.63, 3.8) is 0 Å². The first kappa shape index (κ1) is 18.0. The zero-order valence-corrected chi connectivity index (χ0v) is 16.3. The van der Waals surface area contributed by atoms with E-state index < -0.39 is 0 Å². The summed E-state index contributed by atoms with van der Waals surface area (Å²) in [5, 5.41) is 11.6. The van der Waals surface area contributed by atoms with Gasteiger partial charge in [0.25, 0.3) is 5.22 Å². The Hall–Kier alpha value is -1.83. The molecule has 0 bridgehead atoms. The molecule has 2 aromatic carbocycles. The summed E-state index contributed by atoms with van der Waals surface area (Å²) < 4.78 is 6.54. The maximum atomic E-state index is 12.1. The predicted molar refractivity (Wildman–Crippen MR) is 103 cm³/mol. The van der Waals surface area contributed by atoms with Gasteiger partial charge in [0.05, 0.1) is 16.5 Å². The van der Waals surface area contributed by atoms with Crippen molar-refractivity contribution < 1.29 is 9.21 Å². The lowest BCUT2D eigenvalue weighted by Crippen LogP contribution is -2.14. The van der Waals surface area contributed by atoms with E-state index in [4.69, 9.17) is 16.0 Å². The van der Waals surface area contributed by atoms with Crippen LogP contribution in [-0.4, -0.2) is 21.9 Å². The van der Waals surface area contributed by atoms with Gasteiger partial charge in [-0.3, -0.25) is 4.79 Å². The molecule has 1 N–H and O–H groups in total. The van der Waals surface area contributed by atoms with Crippen molar-refractivity contribution >= 4 is 50.9 Å². The van der Waals surface area contributed by atoms with Gasteiger partial charge in [-0.15, -0.1) is 10.2 Å². The maximum Gasteiger partial charge on any atom is 0.277 e. The van der Waals surface area contributed by atoms with E-state index in [-0.39, 0.29) is 11.7 Å². The highest BCUT2D eigenvalue weighted by Crippen LogP contribution is 2.27. The van der Waals surface area contributed by atoms with E-state index in [0.717, 1.165) is 15.6 Å². The minimum atomic E-state index is -0.194. The molecule has 1 heterocycles. The van der Waals surface area contributed by atoms with Crippen LogP contribution in [0.1, 0.15) is 5.56 Å². The van der Waals surface area contributed by atoms with Gasteiger partial charge >= 0.3 is 0 Å². The van der Waals surface area contributed by atoms with Crippen LogP contribution in [0.25, 0.3) is 11.5 Å². The quantitative estimate of drug-likeness (QED) is 0.555. The van der Waals surface area contributed by atoms with Gasteiger partial charge < -0.3 is 9.73 Å². The second kappa shape index (κ2) is 8.03. The zero-order chi connectivity index (χ0) is 17.8. The minimum Gasteiger partial charge on any atom is -0.411 e. The number of nitrogens with one attached hydrogen (secondary N) is 1. The van der Waals surface area contributed by atoms with Crippen LogP contribution in [-0.2, 0) is 4.79 Å². The molecule has 0 aliphatic heterocycles. The summed E-state index contributed by atoms with van der Waals surface area (Å²) in [5.41, 5.74) is 2.31. The second-order valence-electron chi connectivity index (χ2n) is 5.15. The van der Waals surface area contributed by atoms with Crippen molar-refractivity contribution in [2.45, 2.75) is 12.1 Å². The van der Waals surface area contributed by atoms with Crippen molar-refractivity contribution in [3.05, 3.63) is 57.5 Å². The Labute approximate surface area is 162 Å². The molecule has 0 radical (unpaired) electrons. The van der Waals surface area contributed by atoms with Crippen LogP contribution in [0.3, 0.4) is 0 Å². The lowest BCUT2D eigenvalue weighted by Gasteiger charge is -2.07. The van der Waals surface area contributed by atoms with Crippen molar-refractivity contribution in [2.24, 2.45) is 0 Å². The Morgan fingerprint density at radius 2 is 2.00 bits per heavy atom. The molecule has 128 valence electrons. The number of hydrogen-bond acceptors (Lipinski definition) is 5. The minimum absolute atomic E-state index is 0.145. The SMILES string of the molecule is Cc1cccc(NC(=O)CSc2nnc(-c3ccc(Br)cc3)o2)c1Cl. The smallest absolute Gasteiger partial charge is 0.277 e. The van der Waals surface area contributed by atoms with Crippen LogP contribution in [0.5, 0.6) is 0 Å². The summed E-state index contributed by atoms with van der Waals surface area (Å²) in [5.74, 6) is 0.365. The van der Waals surface area contributed by atoms with Crippen LogP contribution < -0.4 is 5.32 Å². The Morgan fingerprint density at radius 3 is 2.76 bits per heavy atom. The van der Waals surface area contributed by atoms with E-state index in [1.54, 1.807) is 6.07 Å². The molecule has 0 fully saturated rings. The molecule has 0 saturated heterocycles. The Bertz CT molecular complexity index is 899. The predicted octanol–water partition coefficient (Wildman–Crippen LogP) is 5.19. The molecule has 0 unspecified atom stereocenters. The Kier molecular flexibility index (Phi) is 5.78. The number of anilines is 1. The fourth-order valence-corrected chi connectivity index (χ4v) is 3.04. The van der Waals surface area contributed by atoms with Crippen molar-refractivity contribution in [1.29, 1.82) is 0 Å². The standard InChI is InChI=1S/C17H13BrClN3O2S/c1-10-3-2-4-13(15(10)19)20-14(23)9-25-17-22-21-16(24-17)11-5-7-12(18)8-6-11/h2-8H,9H2,1H3,(H,20,23). The van der Waals surface area contributed by atoms with Crippen LogP contribution in [0.15, 0.2) is 56.6 Å². The number of halogens is 2. The van der Waals surface area contributed by atoms with E-state index in [1.165, 1.54) is 11.8 Å². The lowest BCUT2D eigenvalue weighted by atomic mass is 10.2. The van der Waals surface area contributed by atoms with E-state index in [0.29, 0.717) is 21.8 Å². The average molecular weight is 439 g/mol. The summed E-state index contributed by atoms with van der Waals surface area (Å²) in [6.07, 6.45) is 0. The zero-order valence-electron chi connectivity index (χ0n) is 13.1. The molecule has 0 saturated carbocycles. The van der Waals surface area contributed by atoms with E-state index in [1.807, 2.05) is 43.3 Å². The van der Waals surface area contributed by atoms with Gasteiger partial charge in [0.2, 0.25) is 11.8 Å². The van der Waals surface area contributed by atoms with Gasteiger partial charge in [-0.25, -0.2) is 0 Å². The molecule has 3 rings (SSSR count). The molecule has 3 aromatic rings. The third-order valence-electron chi connectivity index (χ3n) is 3.29. The fourth-order valence-electron chi connectivity index (χ4n) is 2.03. The molecule has 5 nitrogen and oxygen atoms in total. The first-order valence-corrected chi connectivity index (χ1v) is 9.46. The number of carbonyl (C=O) groups excluding carboxylic acids is 1. The monoisotopic (exact) mass is 437 g/mol. The maximum absolute atomic E-state index is 12.1. The third-order valence-corrected chi connectivity index (χ3v) is 5.14. The lowest BCUT2D eigenvalue weighted by molar-refractivity contribution is -0.113. The summed E-state index contributed by atoms with van der Waals surface area (Å²) in [7, 11) is 0. The number of rotatable bonds is 5. The molecular weight excluding hydrogens is 426 g/mol. The molecule has 1 aromatic heterocycles. The molecule has 1 amide bonds. The fraction of sp³-hybridized carbons (Fsp3) is 0.118. The molecule has 0 spiro atoms. The van der Waals surface area contributed by atoms with Gasteiger partial charge in [0, 0.05) is 10.0 Å². The van der Waals surface area contributed by atoms with Gasteiger partial charge in [-0.05, 0) is 42.8 Å². The van der Waals surface area contributed by atoms with E-state index in [9.17, 15) is 4.79 Å². The second-order valence-corrected chi connectivity index (χ2v) is 7.37. The van der Waals surface area contributed by atoms with Crippen molar-refractivity contribution in [1.82, 2.24) is 10.2 Å². The molecule has 0 aliphatic rings. The summed E-state index contributed by atoms with van der Waals surface area (Å²) >= 11 is 10.7. The van der Waals surface area contributed by atoms with Crippen LogP contribution >= 0.6 is 39.3 Å². The highest BCUT2D eigenvalue weighted by atomic mass is 79.9. The number of nitrogens with zero attached hydrogens (tertiary/aromatic N) is 2. The first-order valence-electron chi connectivity index (χ1n) is 7.30. The topological polar surface area (TPSA) is 68.0 Å². The van der Waals surface area contributed by atoms with Gasteiger partial charge in [0.15, 0.2) is 0 Å². The summed E-state index contributed by atoms with van der Waals surface area (Å²) in [4.78, 5) is 12.1. The number of aromatic nitrogens is 2. The van der Waals surface area contributed by atoms with Crippen LogP contribution in [0, 0.1) is 6.92 Å². The first-order chi connectivity index (χ1) is 12.0. The number of amides is 1. The largest absolute Gasteiger partial charge is 0.411 e. The van der Waals surface area contributed by atoms with Crippen LogP contribution in [0.2, 0.25) is 5.02 Å². The van der Waals surface area contributed by atoms with Gasteiger partial charge in [-0.1, -0.05) is 51.4 Å². The molecule has 25 heavy (non-hydrogen) atoms. The molecule has 0 atom stereocenters. The van der Waals surface area contributed by atoms with Crippen LogP contribution in [0.4, 0.5) is 5.69 Å². The van der Waals surface area contributed by atoms with Gasteiger partial charge in [-0.2, -0.15) is 0 Å². The number of aryl methyl sites for hydroxylation is 1. The highest BCUT2D eigenvalue weighted by molar-refractivity contribution is 9.10. The molecular formula is C17H13BrClN3O2S. The number of thioether (sulfide) groups is 1. The number of benzene rings is 2. The Morgan fingerprint density at radius 1 is 1.24 bits per heavy atom. The molecule has 8 heteroatoms. The Balaban J connectivity index is 1.59. The molecule has 0 aliphatic carbocycles. The van der Waals surface area contributed by atoms with Crippen molar-refractivity contribution in [3.8, 4) is 11.5 Å². The van der Waals surface area contributed by atoms with Crippen molar-refractivity contribution in [2.75, 3.05) is 11.1 Å². The van der Waals surface area contributed by atoms with E-state index in [2.05, 4.69) is 31.4 Å². The number of carbonyl (C=O) groups is 1. The average Bonchev–Trinajstić information content (AvgIpc) is 3.07. The summed E-state index contributed by atoms with van der Waals surface area (Å²) in [6.45, 7) is 1.88. The van der Waals surface area contributed by atoms with Gasteiger partial charge in [0.1, 0.15) is 0 Å². The number of hydrogen-bond donors (Lipinski definition) is 1. The van der Waals surface area contributed by atoms with E-state index >= 15 is 0 Å². The highest BCUT2D eigenvalue weighted by Gasteiger charge is 2.12. The third kappa shape index (κ3) is 4.62.